The number of hydrogen-bond acceptors (Lipinski definition) is 7. The molecule has 1 aliphatic heterocycles. The Hall–Kier alpha value is -3.04. The molecule has 9 heteroatoms. The average molecular weight is 460 g/mol. The van der Waals surface area contributed by atoms with Gasteiger partial charge in [-0.05, 0) is 50.3 Å². The van der Waals surface area contributed by atoms with E-state index in [-0.39, 0.29) is 11.7 Å². The van der Waals surface area contributed by atoms with Crippen molar-refractivity contribution in [2.45, 2.75) is 13.8 Å². The number of ether oxygens (including phenoxy) is 3. The van der Waals surface area contributed by atoms with Crippen molar-refractivity contribution in [1.29, 1.82) is 0 Å². The summed E-state index contributed by atoms with van der Waals surface area (Å²) >= 11 is 6.59. The normalized spacial score (nSPS) is 14.8. The first kappa shape index (κ1) is 22.6. The van der Waals surface area contributed by atoms with Crippen molar-refractivity contribution in [3.63, 3.8) is 0 Å². The van der Waals surface area contributed by atoms with Crippen LogP contribution in [-0.2, 0) is 9.59 Å². The first-order valence-electron chi connectivity index (χ1n) is 9.55. The number of carbonyl (C=O) groups excluding carboxylic acids is 1. The second-order valence-corrected chi connectivity index (χ2v) is 7.91. The van der Waals surface area contributed by atoms with Crippen LogP contribution in [-0.4, -0.2) is 41.1 Å². The number of carbonyl (C=O) groups is 2. The summed E-state index contributed by atoms with van der Waals surface area (Å²) in [6.45, 7) is 4.12. The predicted molar refractivity (Wildman–Crippen MR) is 124 cm³/mol. The summed E-state index contributed by atoms with van der Waals surface area (Å²) in [5.74, 6) is -0.0120. The maximum atomic E-state index is 13.1. The Morgan fingerprint density at radius 2 is 1.81 bits per heavy atom. The summed E-state index contributed by atoms with van der Waals surface area (Å²) in [6, 6.07) is 12.3. The van der Waals surface area contributed by atoms with Crippen LogP contribution in [0.5, 0.6) is 17.2 Å². The molecule has 0 spiro atoms. The lowest BCUT2D eigenvalue weighted by Crippen LogP contribution is -2.27. The molecule has 7 nitrogen and oxygen atoms in total. The molecule has 1 aliphatic rings. The minimum Gasteiger partial charge on any atom is -0.494 e. The van der Waals surface area contributed by atoms with Crippen LogP contribution in [0.4, 0.5) is 5.69 Å². The Morgan fingerprint density at radius 1 is 1.10 bits per heavy atom. The molecule has 0 bridgehead atoms. The molecule has 0 unspecified atom stereocenters. The highest BCUT2D eigenvalue weighted by Crippen LogP contribution is 2.39. The zero-order valence-electron chi connectivity index (χ0n) is 17.0. The minimum atomic E-state index is -1.11. The average Bonchev–Trinajstić information content (AvgIpc) is 3.01. The molecule has 31 heavy (non-hydrogen) atoms. The van der Waals surface area contributed by atoms with Crippen LogP contribution in [0.25, 0.3) is 6.08 Å². The van der Waals surface area contributed by atoms with E-state index in [0.717, 1.165) is 11.8 Å². The summed E-state index contributed by atoms with van der Waals surface area (Å²) in [5.41, 5.74) is 1.17. The molecule has 2 aromatic rings. The first-order valence-corrected chi connectivity index (χ1v) is 10.8. The number of nitrogens with zero attached hydrogens (tertiary/aromatic N) is 1. The van der Waals surface area contributed by atoms with Crippen LogP contribution in [0.1, 0.15) is 19.4 Å². The van der Waals surface area contributed by atoms with Gasteiger partial charge in [0.15, 0.2) is 22.4 Å². The van der Waals surface area contributed by atoms with E-state index in [1.807, 2.05) is 13.8 Å². The second kappa shape index (κ2) is 10.3. The van der Waals surface area contributed by atoms with Gasteiger partial charge in [-0.15, -0.1) is 0 Å². The van der Waals surface area contributed by atoms with Crippen LogP contribution in [0.15, 0.2) is 47.4 Å². The van der Waals surface area contributed by atoms with Crippen molar-refractivity contribution in [3.05, 3.63) is 52.9 Å². The van der Waals surface area contributed by atoms with E-state index >= 15 is 0 Å². The maximum absolute atomic E-state index is 13.1. The lowest BCUT2D eigenvalue weighted by atomic mass is 10.1. The molecule has 1 N–H and O–H groups in total. The zero-order valence-corrected chi connectivity index (χ0v) is 18.6. The van der Waals surface area contributed by atoms with Crippen LogP contribution in [0.3, 0.4) is 0 Å². The molecule has 1 amide bonds. The number of hydrogen-bond donors (Lipinski definition) is 1. The van der Waals surface area contributed by atoms with Crippen molar-refractivity contribution >= 4 is 51.9 Å². The van der Waals surface area contributed by atoms with Gasteiger partial charge in [-0.2, -0.15) is 0 Å². The van der Waals surface area contributed by atoms with Gasteiger partial charge in [-0.25, -0.2) is 4.79 Å². The number of thiocarbonyl (C=S) groups is 1. The fourth-order valence-corrected chi connectivity index (χ4v) is 4.18. The summed E-state index contributed by atoms with van der Waals surface area (Å²) < 4.78 is 16.8. The Morgan fingerprint density at radius 3 is 2.45 bits per heavy atom. The van der Waals surface area contributed by atoms with E-state index in [2.05, 4.69) is 0 Å². The van der Waals surface area contributed by atoms with Gasteiger partial charge >= 0.3 is 5.97 Å². The number of thioether (sulfide) groups is 1. The summed E-state index contributed by atoms with van der Waals surface area (Å²) in [4.78, 5) is 25.9. The molecule has 0 saturated carbocycles. The number of aliphatic carboxylic acids is 1. The van der Waals surface area contributed by atoms with Gasteiger partial charge in [0.2, 0.25) is 0 Å². The zero-order chi connectivity index (χ0) is 22.4. The van der Waals surface area contributed by atoms with E-state index in [0.29, 0.717) is 45.2 Å². The highest BCUT2D eigenvalue weighted by molar-refractivity contribution is 8.27. The number of carboxylic acids is 1. The fourth-order valence-electron chi connectivity index (χ4n) is 2.89. The quantitative estimate of drug-likeness (QED) is 0.438. The molecular weight excluding hydrogens is 438 g/mol. The third kappa shape index (κ3) is 5.36. The van der Waals surface area contributed by atoms with Gasteiger partial charge in [0.05, 0.1) is 23.8 Å². The molecule has 0 radical (unpaired) electrons. The highest BCUT2D eigenvalue weighted by Gasteiger charge is 2.33. The molecule has 1 fully saturated rings. The van der Waals surface area contributed by atoms with Crippen molar-refractivity contribution in [1.82, 2.24) is 0 Å². The van der Waals surface area contributed by atoms with Gasteiger partial charge in [0, 0.05) is 5.56 Å². The Balaban J connectivity index is 1.91. The molecule has 3 rings (SSSR count). The van der Waals surface area contributed by atoms with Crippen molar-refractivity contribution in [2.75, 3.05) is 24.7 Å². The Kier molecular flexibility index (Phi) is 7.54. The smallest absolute Gasteiger partial charge is 0.341 e. The Labute approximate surface area is 189 Å². The van der Waals surface area contributed by atoms with Crippen molar-refractivity contribution in [3.8, 4) is 17.2 Å². The highest BCUT2D eigenvalue weighted by atomic mass is 32.2. The Bertz CT molecular complexity index is 1020. The monoisotopic (exact) mass is 459 g/mol. The number of anilines is 1. The minimum absolute atomic E-state index is 0.262. The number of para-hydroxylation sites is 1. The van der Waals surface area contributed by atoms with Crippen LogP contribution >= 0.6 is 24.0 Å². The third-order valence-electron chi connectivity index (χ3n) is 4.14. The van der Waals surface area contributed by atoms with Gasteiger partial charge < -0.3 is 19.3 Å². The summed E-state index contributed by atoms with van der Waals surface area (Å²) in [7, 11) is 0. The van der Waals surface area contributed by atoms with Crippen molar-refractivity contribution < 1.29 is 28.9 Å². The van der Waals surface area contributed by atoms with Gasteiger partial charge in [0.25, 0.3) is 5.91 Å². The third-order valence-corrected chi connectivity index (χ3v) is 5.44. The van der Waals surface area contributed by atoms with E-state index < -0.39 is 12.6 Å². The number of carboxylic acid groups (broad SMARTS) is 1. The predicted octanol–water partition coefficient (Wildman–Crippen LogP) is 4.35. The van der Waals surface area contributed by atoms with Crippen LogP contribution in [0.2, 0.25) is 0 Å². The molecule has 0 aromatic heterocycles. The summed E-state index contributed by atoms with van der Waals surface area (Å²) in [6.07, 6.45) is 1.63. The topological polar surface area (TPSA) is 85.3 Å². The number of benzene rings is 2. The molecule has 0 aliphatic carbocycles. The summed E-state index contributed by atoms with van der Waals surface area (Å²) in [5, 5.41) is 8.99. The van der Waals surface area contributed by atoms with Gasteiger partial charge in [-0.3, -0.25) is 9.69 Å². The molecular formula is C22H21NO6S2. The molecule has 2 aromatic carbocycles. The first-order chi connectivity index (χ1) is 14.9. The number of amides is 1. The SMILES string of the molecule is CCOc1ccc(N2C(=O)/C(=C/c3cccc(OCC)c3OCC(=O)O)SC2=S)cc1. The lowest BCUT2D eigenvalue weighted by molar-refractivity contribution is -0.139. The maximum Gasteiger partial charge on any atom is 0.341 e. The molecule has 162 valence electrons. The van der Waals surface area contributed by atoms with E-state index in [9.17, 15) is 9.59 Å². The van der Waals surface area contributed by atoms with Crippen LogP contribution < -0.4 is 19.1 Å². The number of rotatable bonds is 9. The van der Waals surface area contributed by atoms with E-state index in [1.165, 1.54) is 4.90 Å². The second-order valence-electron chi connectivity index (χ2n) is 6.23. The van der Waals surface area contributed by atoms with Crippen molar-refractivity contribution in [2.24, 2.45) is 0 Å². The molecule has 1 saturated heterocycles. The lowest BCUT2D eigenvalue weighted by Gasteiger charge is -2.15. The van der Waals surface area contributed by atoms with Gasteiger partial charge in [0.1, 0.15) is 5.75 Å². The fraction of sp³-hybridized carbons (Fsp3) is 0.227. The standard InChI is InChI=1S/C22H21NO6S2/c1-3-27-16-10-8-15(9-11-16)23-21(26)18(31-22(23)30)12-14-6-5-7-17(28-4-2)20(14)29-13-19(24)25/h5-12H,3-4,13H2,1-2H3,(H,24,25)/b18-12-. The van der Waals surface area contributed by atoms with Gasteiger partial charge in [-0.1, -0.05) is 36.1 Å². The molecule has 0 atom stereocenters. The molecule has 1 heterocycles. The van der Waals surface area contributed by atoms with E-state index in [1.54, 1.807) is 48.5 Å². The largest absolute Gasteiger partial charge is 0.494 e. The van der Waals surface area contributed by atoms with Crippen LogP contribution in [0, 0.1) is 0 Å². The van der Waals surface area contributed by atoms with E-state index in [4.69, 9.17) is 31.5 Å².